The molecule has 84 valence electrons. The van der Waals surface area contributed by atoms with Crippen LogP contribution < -0.4 is 11.1 Å². The van der Waals surface area contributed by atoms with Gasteiger partial charge in [0.05, 0.1) is 5.01 Å². The first-order chi connectivity index (χ1) is 7.74. The van der Waals surface area contributed by atoms with Crippen LogP contribution in [0.3, 0.4) is 0 Å². The molecule has 3 N–H and O–H groups in total. The van der Waals surface area contributed by atoms with Crippen molar-refractivity contribution < 1.29 is 0 Å². The maximum absolute atomic E-state index is 5.78. The van der Waals surface area contributed by atoms with Crippen molar-refractivity contribution in [3.63, 3.8) is 0 Å². The summed E-state index contributed by atoms with van der Waals surface area (Å²) in [5.41, 5.74) is 8.83. The number of aromatic nitrogens is 1. The Bertz CT molecular complexity index is 431. The smallest absolute Gasteiger partial charge is 0.0942 e. The number of nitrogens with two attached hydrogens (primary N) is 1. The lowest BCUT2D eigenvalue weighted by Crippen LogP contribution is -2.05. The molecule has 0 unspecified atom stereocenters. The summed E-state index contributed by atoms with van der Waals surface area (Å²) in [5.74, 6) is 0. The maximum Gasteiger partial charge on any atom is 0.0942 e. The fourth-order valence-corrected chi connectivity index (χ4v) is 2.23. The molecule has 0 spiro atoms. The summed E-state index contributed by atoms with van der Waals surface area (Å²) in [4.78, 5) is 4.24. The lowest BCUT2D eigenvalue weighted by Gasteiger charge is -2.07. The molecule has 0 aliphatic rings. The van der Waals surface area contributed by atoms with E-state index in [1.54, 1.807) is 11.3 Å². The molecule has 0 saturated heterocycles. The van der Waals surface area contributed by atoms with E-state index in [9.17, 15) is 0 Å². The molecule has 1 aromatic heterocycles. The molecule has 0 fully saturated rings. The van der Waals surface area contributed by atoms with Gasteiger partial charge in [-0.25, -0.2) is 4.98 Å². The minimum absolute atomic E-state index is 0.803. The fraction of sp³-hybridized carbons (Fsp3) is 0.250. The highest BCUT2D eigenvalue weighted by molar-refractivity contribution is 7.09. The quantitative estimate of drug-likeness (QED) is 0.798. The molecular weight excluding hydrogens is 218 g/mol. The van der Waals surface area contributed by atoms with Crippen molar-refractivity contribution in [3.05, 3.63) is 40.3 Å². The zero-order valence-electron chi connectivity index (χ0n) is 9.23. The van der Waals surface area contributed by atoms with Crippen LogP contribution in [0.4, 0.5) is 11.4 Å². The summed E-state index contributed by atoms with van der Waals surface area (Å²) >= 11 is 1.69. The number of nitrogens with one attached hydrogen (secondary N) is 1. The molecule has 1 aromatic carbocycles. The molecule has 2 rings (SSSR count). The first kappa shape index (κ1) is 11.0. The predicted octanol–water partition coefficient (Wildman–Crippen LogP) is 2.69. The summed E-state index contributed by atoms with van der Waals surface area (Å²) in [6, 6.07) is 6.01. The normalized spacial score (nSPS) is 10.3. The highest BCUT2D eigenvalue weighted by atomic mass is 32.1. The van der Waals surface area contributed by atoms with Gasteiger partial charge in [-0.2, -0.15) is 0 Å². The lowest BCUT2D eigenvalue weighted by atomic mass is 10.2. The van der Waals surface area contributed by atoms with Gasteiger partial charge in [0.25, 0.3) is 0 Å². The van der Waals surface area contributed by atoms with Crippen LogP contribution in [0.1, 0.15) is 10.6 Å². The van der Waals surface area contributed by atoms with Crippen molar-refractivity contribution in [1.29, 1.82) is 0 Å². The second-order valence-corrected chi connectivity index (χ2v) is 4.71. The van der Waals surface area contributed by atoms with Crippen LogP contribution in [-0.4, -0.2) is 11.5 Å². The summed E-state index contributed by atoms with van der Waals surface area (Å²) in [6.45, 7) is 2.93. The van der Waals surface area contributed by atoms with Gasteiger partial charge in [-0.1, -0.05) is 0 Å². The van der Waals surface area contributed by atoms with E-state index in [-0.39, 0.29) is 0 Å². The van der Waals surface area contributed by atoms with Gasteiger partial charge in [-0.05, 0) is 30.7 Å². The van der Waals surface area contributed by atoms with Crippen LogP contribution >= 0.6 is 11.3 Å². The number of hydrogen-bond acceptors (Lipinski definition) is 4. The second kappa shape index (κ2) is 4.99. The van der Waals surface area contributed by atoms with Gasteiger partial charge in [0.1, 0.15) is 0 Å². The van der Waals surface area contributed by atoms with E-state index >= 15 is 0 Å². The average molecular weight is 233 g/mol. The van der Waals surface area contributed by atoms with Crippen LogP contribution in [0.5, 0.6) is 0 Å². The highest BCUT2D eigenvalue weighted by Gasteiger charge is 1.97. The number of rotatable bonds is 4. The van der Waals surface area contributed by atoms with E-state index in [4.69, 9.17) is 5.73 Å². The maximum atomic E-state index is 5.78. The van der Waals surface area contributed by atoms with Crippen molar-refractivity contribution in [2.75, 3.05) is 17.6 Å². The van der Waals surface area contributed by atoms with Crippen molar-refractivity contribution in [2.24, 2.45) is 0 Å². The number of aryl methyl sites for hydroxylation is 1. The van der Waals surface area contributed by atoms with Crippen LogP contribution in [0.2, 0.25) is 0 Å². The minimum atomic E-state index is 0.803. The Morgan fingerprint density at radius 2 is 2.25 bits per heavy atom. The zero-order valence-corrected chi connectivity index (χ0v) is 10.1. The molecule has 0 saturated carbocycles. The largest absolute Gasteiger partial charge is 0.399 e. The molecular formula is C12H15N3S. The molecule has 1 heterocycles. The lowest BCUT2D eigenvalue weighted by molar-refractivity contribution is 0.998. The van der Waals surface area contributed by atoms with Gasteiger partial charge in [0.15, 0.2) is 0 Å². The van der Waals surface area contributed by atoms with Gasteiger partial charge >= 0.3 is 0 Å². The van der Waals surface area contributed by atoms with E-state index in [2.05, 4.69) is 16.4 Å². The van der Waals surface area contributed by atoms with Gasteiger partial charge in [0, 0.05) is 35.9 Å². The Kier molecular flexibility index (Phi) is 3.41. The van der Waals surface area contributed by atoms with E-state index in [0.717, 1.165) is 29.3 Å². The van der Waals surface area contributed by atoms with Crippen molar-refractivity contribution >= 4 is 22.7 Å². The number of hydrogen-bond donors (Lipinski definition) is 2. The summed E-state index contributed by atoms with van der Waals surface area (Å²) in [5, 5.41) is 6.51. The molecule has 0 amide bonds. The molecule has 2 aromatic rings. The average Bonchev–Trinajstić information content (AvgIpc) is 2.69. The fourth-order valence-electron chi connectivity index (χ4n) is 1.61. The Morgan fingerprint density at radius 3 is 2.94 bits per heavy atom. The first-order valence-electron chi connectivity index (χ1n) is 5.23. The van der Waals surface area contributed by atoms with Crippen molar-refractivity contribution in [3.8, 4) is 0 Å². The second-order valence-electron chi connectivity index (χ2n) is 3.73. The number of anilines is 2. The minimum Gasteiger partial charge on any atom is -0.399 e. The zero-order chi connectivity index (χ0) is 11.4. The molecule has 0 atom stereocenters. The molecule has 0 radical (unpaired) electrons. The Labute approximate surface area is 99.3 Å². The third-order valence-electron chi connectivity index (χ3n) is 2.25. The van der Waals surface area contributed by atoms with Crippen LogP contribution in [0.15, 0.2) is 29.8 Å². The summed E-state index contributed by atoms with van der Waals surface area (Å²) in [6.07, 6.45) is 2.79. The number of thiazole rings is 1. The van der Waals surface area contributed by atoms with Gasteiger partial charge in [0.2, 0.25) is 0 Å². The Morgan fingerprint density at radius 1 is 1.38 bits per heavy atom. The van der Waals surface area contributed by atoms with E-state index in [0.29, 0.717) is 0 Å². The third kappa shape index (κ3) is 2.97. The summed E-state index contributed by atoms with van der Waals surface area (Å²) in [7, 11) is 0. The topological polar surface area (TPSA) is 50.9 Å². The molecule has 0 aliphatic carbocycles. The number of benzene rings is 1. The number of nitrogens with zero attached hydrogens (tertiary/aromatic N) is 1. The van der Waals surface area contributed by atoms with Gasteiger partial charge < -0.3 is 11.1 Å². The van der Waals surface area contributed by atoms with E-state index in [1.165, 1.54) is 5.56 Å². The van der Waals surface area contributed by atoms with Gasteiger partial charge in [-0.15, -0.1) is 11.3 Å². The molecule has 4 heteroatoms. The molecule has 3 nitrogen and oxygen atoms in total. The Balaban J connectivity index is 1.89. The third-order valence-corrected chi connectivity index (χ3v) is 3.09. The van der Waals surface area contributed by atoms with Crippen molar-refractivity contribution in [2.45, 2.75) is 13.3 Å². The predicted molar refractivity (Wildman–Crippen MR) is 69.9 cm³/mol. The molecule has 16 heavy (non-hydrogen) atoms. The van der Waals surface area contributed by atoms with Gasteiger partial charge in [-0.3, -0.25) is 0 Å². The Hall–Kier alpha value is -1.55. The standard InChI is InChI=1S/C12H15N3S/c1-9-6-10(13)8-11(7-9)14-3-2-12-15-4-5-16-12/h4-8,14H,2-3,13H2,1H3. The van der Waals surface area contributed by atoms with Crippen LogP contribution in [0, 0.1) is 6.92 Å². The SMILES string of the molecule is Cc1cc(N)cc(NCCc2nccs2)c1. The monoisotopic (exact) mass is 233 g/mol. The molecule has 0 aliphatic heterocycles. The highest BCUT2D eigenvalue weighted by Crippen LogP contribution is 2.16. The van der Waals surface area contributed by atoms with E-state index in [1.807, 2.05) is 30.6 Å². The van der Waals surface area contributed by atoms with Crippen molar-refractivity contribution in [1.82, 2.24) is 4.98 Å². The van der Waals surface area contributed by atoms with Crippen LogP contribution in [-0.2, 0) is 6.42 Å². The van der Waals surface area contributed by atoms with E-state index < -0.39 is 0 Å². The first-order valence-corrected chi connectivity index (χ1v) is 6.11. The molecule has 0 bridgehead atoms. The van der Waals surface area contributed by atoms with Crippen LogP contribution in [0.25, 0.3) is 0 Å². The summed E-state index contributed by atoms with van der Waals surface area (Å²) < 4.78 is 0. The number of nitrogen functional groups attached to an aromatic ring is 1.